The number of carbonyl (C=O) groups is 1. The summed E-state index contributed by atoms with van der Waals surface area (Å²) in [6.07, 6.45) is 5.74. The van der Waals surface area contributed by atoms with Gasteiger partial charge in [-0.2, -0.15) is 0 Å². The first-order valence-electron chi connectivity index (χ1n) is 6.26. The highest BCUT2D eigenvalue weighted by Crippen LogP contribution is 2.21. The summed E-state index contributed by atoms with van der Waals surface area (Å²) >= 11 is 1.78. The number of aromatic nitrogens is 1. The molecule has 0 aliphatic carbocycles. The van der Waals surface area contributed by atoms with Gasteiger partial charge in [0.1, 0.15) is 0 Å². The minimum absolute atomic E-state index is 0.157. The van der Waals surface area contributed by atoms with E-state index >= 15 is 0 Å². The molecular weight excluding hydrogens is 246 g/mol. The fourth-order valence-corrected chi connectivity index (χ4v) is 3.10. The molecule has 0 saturated carbocycles. The lowest BCUT2D eigenvalue weighted by atomic mass is 10.2. The molecule has 0 unspecified atom stereocenters. The highest BCUT2D eigenvalue weighted by molar-refractivity contribution is 8.00. The third kappa shape index (κ3) is 3.71. The van der Waals surface area contributed by atoms with Crippen LogP contribution in [0.1, 0.15) is 12.8 Å². The normalized spacial score (nSPS) is 16.5. The van der Waals surface area contributed by atoms with Gasteiger partial charge in [-0.15, -0.1) is 11.8 Å². The van der Waals surface area contributed by atoms with Gasteiger partial charge in [-0.1, -0.05) is 0 Å². The standard InChI is InChI=1S/C13H19N3OS/c1-16(11-2-6-14-7-3-11)13(17)10-18-12-4-8-15-9-5-12/h2-3,6-7,12,15H,4-5,8-10H2,1H3. The molecule has 0 spiro atoms. The van der Waals surface area contributed by atoms with Crippen LogP contribution in [0.5, 0.6) is 0 Å². The van der Waals surface area contributed by atoms with E-state index in [9.17, 15) is 4.79 Å². The second-order valence-corrected chi connectivity index (χ2v) is 5.71. The smallest absolute Gasteiger partial charge is 0.236 e. The Kier molecular flexibility index (Phi) is 5.01. The van der Waals surface area contributed by atoms with Crippen molar-refractivity contribution in [3.05, 3.63) is 24.5 Å². The second kappa shape index (κ2) is 6.75. The lowest BCUT2D eigenvalue weighted by molar-refractivity contribution is -0.115. The number of hydrogen-bond acceptors (Lipinski definition) is 4. The lowest BCUT2D eigenvalue weighted by Crippen LogP contribution is -2.32. The Morgan fingerprint density at radius 1 is 1.44 bits per heavy atom. The largest absolute Gasteiger partial charge is 0.317 e. The molecule has 0 radical (unpaired) electrons. The Bertz CT molecular complexity index is 379. The zero-order valence-corrected chi connectivity index (χ0v) is 11.4. The highest BCUT2D eigenvalue weighted by Gasteiger charge is 2.17. The molecule has 2 rings (SSSR count). The molecule has 0 bridgehead atoms. The van der Waals surface area contributed by atoms with Crippen molar-refractivity contribution in [2.75, 3.05) is 30.8 Å². The topological polar surface area (TPSA) is 45.2 Å². The molecule has 1 aliphatic rings. The molecular formula is C13H19N3OS. The Hall–Kier alpha value is -1.07. The fraction of sp³-hybridized carbons (Fsp3) is 0.538. The van der Waals surface area contributed by atoms with Crippen molar-refractivity contribution >= 4 is 23.4 Å². The first-order chi connectivity index (χ1) is 8.77. The van der Waals surface area contributed by atoms with Crippen LogP contribution in [-0.2, 0) is 4.79 Å². The highest BCUT2D eigenvalue weighted by atomic mass is 32.2. The summed E-state index contributed by atoms with van der Waals surface area (Å²) in [7, 11) is 1.82. The molecule has 0 aromatic carbocycles. The van der Waals surface area contributed by atoms with E-state index in [-0.39, 0.29) is 5.91 Å². The molecule has 18 heavy (non-hydrogen) atoms. The molecule has 1 saturated heterocycles. The van der Waals surface area contributed by atoms with Gasteiger partial charge in [0.25, 0.3) is 0 Å². The predicted octanol–water partition coefficient (Wildman–Crippen LogP) is 1.53. The van der Waals surface area contributed by atoms with Gasteiger partial charge in [0.2, 0.25) is 5.91 Å². The van der Waals surface area contributed by atoms with Crippen LogP contribution in [0.4, 0.5) is 5.69 Å². The number of hydrogen-bond donors (Lipinski definition) is 1. The summed E-state index contributed by atoms with van der Waals surface area (Å²) in [5.41, 5.74) is 0.904. The van der Waals surface area contributed by atoms with Crippen molar-refractivity contribution in [3.63, 3.8) is 0 Å². The predicted molar refractivity (Wildman–Crippen MR) is 76.0 cm³/mol. The van der Waals surface area contributed by atoms with Crippen LogP contribution in [0.3, 0.4) is 0 Å². The summed E-state index contributed by atoms with van der Waals surface area (Å²) in [5.74, 6) is 0.716. The van der Waals surface area contributed by atoms with Gasteiger partial charge in [0.15, 0.2) is 0 Å². The minimum atomic E-state index is 0.157. The Morgan fingerprint density at radius 3 is 2.78 bits per heavy atom. The average molecular weight is 265 g/mol. The van der Waals surface area contributed by atoms with Crippen molar-refractivity contribution in [1.29, 1.82) is 0 Å². The number of thioether (sulfide) groups is 1. The van der Waals surface area contributed by atoms with Gasteiger partial charge in [-0.25, -0.2) is 0 Å². The maximum Gasteiger partial charge on any atom is 0.236 e. The van der Waals surface area contributed by atoms with Crippen LogP contribution in [0.15, 0.2) is 24.5 Å². The second-order valence-electron chi connectivity index (χ2n) is 4.42. The van der Waals surface area contributed by atoms with Crippen LogP contribution in [0.25, 0.3) is 0 Å². The number of rotatable bonds is 4. The monoisotopic (exact) mass is 265 g/mol. The summed E-state index contributed by atoms with van der Waals surface area (Å²) in [5, 5.41) is 3.96. The van der Waals surface area contributed by atoms with Gasteiger partial charge < -0.3 is 10.2 Å². The van der Waals surface area contributed by atoms with Crippen molar-refractivity contribution in [2.45, 2.75) is 18.1 Å². The molecule has 1 aromatic rings. The van der Waals surface area contributed by atoms with Crippen LogP contribution in [0, 0.1) is 0 Å². The van der Waals surface area contributed by atoms with Gasteiger partial charge in [0.05, 0.1) is 5.75 Å². The first kappa shape index (κ1) is 13.4. The lowest BCUT2D eigenvalue weighted by Gasteiger charge is -2.23. The molecule has 1 amide bonds. The van der Waals surface area contributed by atoms with E-state index in [4.69, 9.17) is 0 Å². The van der Waals surface area contributed by atoms with Crippen LogP contribution < -0.4 is 10.2 Å². The molecule has 2 heterocycles. The summed E-state index contributed by atoms with van der Waals surface area (Å²) < 4.78 is 0. The van der Waals surface area contributed by atoms with Crippen LogP contribution in [-0.4, -0.2) is 42.0 Å². The zero-order valence-electron chi connectivity index (χ0n) is 10.6. The van der Waals surface area contributed by atoms with Crippen LogP contribution >= 0.6 is 11.8 Å². The fourth-order valence-electron chi connectivity index (χ4n) is 1.96. The molecule has 98 valence electrons. The number of piperidine rings is 1. The number of anilines is 1. The van der Waals surface area contributed by atoms with Gasteiger partial charge >= 0.3 is 0 Å². The van der Waals surface area contributed by atoms with E-state index in [1.807, 2.05) is 19.2 Å². The number of carbonyl (C=O) groups excluding carboxylic acids is 1. The molecule has 1 aliphatic heterocycles. The van der Waals surface area contributed by atoms with E-state index in [1.165, 1.54) is 0 Å². The molecule has 1 N–H and O–H groups in total. The first-order valence-corrected chi connectivity index (χ1v) is 7.31. The van der Waals surface area contributed by atoms with Crippen molar-refractivity contribution in [1.82, 2.24) is 10.3 Å². The maximum atomic E-state index is 12.1. The van der Waals surface area contributed by atoms with Gasteiger partial charge in [-0.05, 0) is 38.1 Å². The molecule has 1 aromatic heterocycles. The Morgan fingerprint density at radius 2 is 2.11 bits per heavy atom. The Labute approximate surface area is 112 Å². The third-order valence-electron chi connectivity index (χ3n) is 3.15. The Balaban J connectivity index is 1.80. The summed E-state index contributed by atoms with van der Waals surface area (Å²) in [6.45, 7) is 2.15. The van der Waals surface area contributed by atoms with Crippen molar-refractivity contribution in [3.8, 4) is 0 Å². The molecule has 0 atom stereocenters. The number of amides is 1. The third-order valence-corrected chi connectivity index (χ3v) is 4.51. The van der Waals surface area contributed by atoms with Crippen LogP contribution in [0.2, 0.25) is 0 Å². The molecule has 1 fully saturated rings. The summed E-state index contributed by atoms with van der Waals surface area (Å²) in [4.78, 5) is 17.7. The minimum Gasteiger partial charge on any atom is -0.317 e. The van der Waals surface area contributed by atoms with Crippen molar-refractivity contribution in [2.24, 2.45) is 0 Å². The SMILES string of the molecule is CN(C(=O)CSC1CCNCC1)c1ccncc1. The average Bonchev–Trinajstić information content (AvgIpc) is 2.46. The van der Waals surface area contributed by atoms with E-state index < -0.39 is 0 Å². The maximum absolute atomic E-state index is 12.1. The van der Waals surface area contributed by atoms with E-state index in [0.717, 1.165) is 31.6 Å². The number of nitrogens with zero attached hydrogens (tertiary/aromatic N) is 2. The zero-order chi connectivity index (χ0) is 12.8. The summed E-state index contributed by atoms with van der Waals surface area (Å²) in [6, 6.07) is 3.71. The van der Waals surface area contributed by atoms with E-state index in [0.29, 0.717) is 11.0 Å². The van der Waals surface area contributed by atoms with Crippen molar-refractivity contribution < 1.29 is 4.79 Å². The van der Waals surface area contributed by atoms with E-state index in [2.05, 4.69) is 10.3 Å². The molecule has 5 heteroatoms. The van der Waals surface area contributed by atoms with Gasteiger partial charge in [0, 0.05) is 30.4 Å². The van der Waals surface area contributed by atoms with E-state index in [1.54, 1.807) is 29.1 Å². The number of pyridine rings is 1. The van der Waals surface area contributed by atoms with Gasteiger partial charge in [-0.3, -0.25) is 9.78 Å². The molecule has 4 nitrogen and oxygen atoms in total. The number of nitrogens with one attached hydrogen (secondary N) is 1. The quantitative estimate of drug-likeness (QED) is 0.897.